The van der Waals surface area contributed by atoms with E-state index in [4.69, 9.17) is 6.63 Å². The summed E-state index contributed by atoms with van der Waals surface area (Å²) in [4.78, 5) is 1.24. The molecule has 2 heteroatoms. The van der Waals surface area contributed by atoms with E-state index in [1.54, 1.807) is 11.8 Å². The van der Waals surface area contributed by atoms with Crippen LogP contribution in [0.15, 0.2) is 35.2 Å². The van der Waals surface area contributed by atoms with Gasteiger partial charge in [0, 0.05) is 11.5 Å². The second-order valence-corrected chi connectivity index (χ2v) is 5.97. The van der Waals surface area contributed by atoms with Gasteiger partial charge in [-0.3, -0.25) is 0 Å². The van der Waals surface area contributed by atoms with Crippen LogP contribution >= 0.6 is 11.8 Å². The SMILES string of the molecule is [2H][C@H]1[C@H]2C[C@@H]([C@H]1Sc1ccccc1)[C@@H](C#N)C2. The molecule has 2 fully saturated rings. The molecule has 0 aliphatic heterocycles. The molecule has 0 radical (unpaired) electrons. The maximum atomic E-state index is 9.14. The maximum Gasteiger partial charge on any atom is 0.0659 e. The summed E-state index contributed by atoms with van der Waals surface area (Å²) in [6.07, 6.45) is 2.08. The average Bonchev–Trinajstić information content (AvgIpc) is 2.91. The number of thioether (sulfide) groups is 1. The molecule has 0 aromatic heterocycles. The van der Waals surface area contributed by atoms with Gasteiger partial charge in [-0.15, -0.1) is 11.8 Å². The van der Waals surface area contributed by atoms with Crippen molar-refractivity contribution in [3.8, 4) is 6.07 Å². The lowest BCUT2D eigenvalue weighted by Gasteiger charge is -2.24. The molecule has 0 saturated heterocycles. The van der Waals surface area contributed by atoms with Crippen LogP contribution in [0.2, 0.25) is 0 Å². The smallest absolute Gasteiger partial charge is 0.0659 e. The Morgan fingerprint density at radius 3 is 2.81 bits per heavy atom. The lowest BCUT2D eigenvalue weighted by molar-refractivity contribution is 0.413. The molecule has 82 valence electrons. The summed E-state index contributed by atoms with van der Waals surface area (Å²) < 4.78 is 8.26. The zero-order valence-corrected chi connectivity index (χ0v) is 9.86. The first-order chi connectivity index (χ1) is 8.29. The first-order valence-electron chi connectivity index (χ1n) is 6.41. The van der Waals surface area contributed by atoms with Crippen molar-refractivity contribution in [3.63, 3.8) is 0 Å². The van der Waals surface area contributed by atoms with Gasteiger partial charge in [-0.25, -0.2) is 0 Å². The van der Waals surface area contributed by atoms with Crippen molar-refractivity contribution in [1.29, 1.82) is 5.26 Å². The van der Waals surface area contributed by atoms with Gasteiger partial charge in [-0.1, -0.05) is 18.2 Å². The van der Waals surface area contributed by atoms with E-state index in [1.807, 2.05) is 18.2 Å². The molecule has 0 heterocycles. The van der Waals surface area contributed by atoms with Crippen molar-refractivity contribution in [2.75, 3.05) is 0 Å². The minimum atomic E-state index is 0.0230. The predicted octanol–water partition coefficient (Wildman–Crippen LogP) is 3.72. The summed E-state index contributed by atoms with van der Waals surface area (Å²) >= 11 is 1.80. The summed E-state index contributed by atoms with van der Waals surface area (Å²) in [6.45, 7) is 0. The van der Waals surface area contributed by atoms with E-state index >= 15 is 0 Å². The van der Waals surface area contributed by atoms with Crippen molar-refractivity contribution < 1.29 is 1.37 Å². The Morgan fingerprint density at radius 2 is 2.12 bits per heavy atom. The van der Waals surface area contributed by atoms with Gasteiger partial charge in [0.25, 0.3) is 0 Å². The van der Waals surface area contributed by atoms with E-state index in [-0.39, 0.29) is 12.3 Å². The summed E-state index contributed by atoms with van der Waals surface area (Å²) in [6, 6.07) is 12.7. The Kier molecular flexibility index (Phi) is 2.36. The van der Waals surface area contributed by atoms with E-state index in [0.717, 1.165) is 12.8 Å². The average molecular weight is 230 g/mol. The zero-order chi connectivity index (χ0) is 11.8. The van der Waals surface area contributed by atoms with Crippen molar-refractivity contribution in [2.45, 2.75) is 29.4 Å². The molecule has 2 aliphatic carbocycles. The molecule has 1 nitrogen and oxygen atoms in total. The largest absolute Gasteiger partial charge is 0.198 e. The highest BCUT2D eigenvalue weighted by Crippen LogP contribution is 2.53. The van der Waals surface area contributed by atoms with Crippen molar-refractivity contribution in [1.82, 2.24) is 0 Å². The fraction of sp³-hybridized carbons (Fsp3) is 0.500. The standard InChI is InChI=1S/C14H15NS/c15-9-11-6-10-7-13(11)14(8-10)16-12-4-2-1-3-5-12/h1-5,10-11,13-14H,6-8H2/t10-,11-,13-,14+/m1/s1/i8D/t8-,10+,11+,13+,14-/m0. The Labute approximate surface area is 102 Å². The Bertz CT molecular complexity index is 441. The number of benzene rings is 1. The maximum absolute atomic E-state index is 9.14. The van der Waals surface area contributed by atoms with Gasteiger partial charge in [0.05, 0.1) is 12.0 Å². The van der Waals surface area contributed by atoms with E-state index in [2.05, 4.69) is 18.2 Å². The van der Waals surface area contributed by atoms with Gasteiger partial charge in [0.2, 0.25) is 0 Å². The van der Waals surface area contributed by atoms with Crippen LogP contribution in [0, 0.1) is 29.1 Å². The van der Waals surface area contributed by atoms with Crippen LogP contribution in [0.3, 0.4) is 0 Å². The Morgan fingerprint density at radius 1 is 1.31 bits per heavy atom. The second kappa shape index (κ2) is 4.14. The summed E-state index contributed by atoms with van der Waals surface area (Å²) in [5.41, 5.74) is 0. The third-order valence-corrected chi connectivity index (χ3v) is 5.04. The molecule has 0 N–H and O–H groups in total. The van der Waals surface area contributed by atoms with E-state index in [0.29, 0.717) is 17.1 Å². The third kappa shape index (κ3) is 1.74. The Balaban J connectivity index is 1.78. The van der Waals surface area contributed by atoms with Gasteiger partial charge in [0.1, 0.15) is 0 Å². The number of nitrogens with zero attached hydrogens (tertiary/aromatic N) is 1. The van der Waals surface area contributed by atoms with Crippen LogP contribution in [0.25, 0.3) is 0 Å². The van der Waals surface area contributed by atoms with Gasteiger partial charge < -0.3 is 0 Å². The van der Waals surface area contributed by atoms with Gasteiger partial charge in [0.15, 0.2) is 0 Å². The highest BCUT2D eigenvalue weighted by atomic mass is 32.2. The van der Waals surface area contributed by atoms with E-state index < -0.39 is 0 Å². The van der Waals surface area contributed by atoms with Crippen LogP contribution in [-0.2, 0) is 0 Å². The van der Waals surface area contributed by atoms with Gasteiger partial charge in [-0.05, 0) is 43.2 Å². The molecule has 16 heavy (non-hydrogen) atoms. The van der Waals surface area contributed by atoms with Crippen LogP contribution in [0.1, 0.15) is 20.6 Å². The monoisotopic (exact) mass is 230 g/mol. The molecule has 1 aromatic rings. The summed E-state index contributed by atoms with van der Waals surface area (Å²) in [5, 5.41) is 9.46. The van der Waals surface area contributed by atoms with Crippen LogP contribution < -0.4 is 0 Å². The van der Waals surface area contributed by atoms with Crippen LogP contribution in [-0.4, -0.2) is 5.25 Å². The summed E-state index contributed by atoms with van der Waals surface area (Å²) in [5.74, 6) is 1.10. The molecular formula is C14H15NS. The normalized spacial score (nSPS) is 41.7. The fourth-order valence-corrected chi connectivity index (χ4v) is 4.38. The Hall–Kier alpha value is -0.940. The highest BCUT2D eigenvalue weighted by molar-refractivity contribution is 8.00. The van der Waals surface area contributed by atoms with E-state index in [1.165, 1.54) is 4.90 Å². The first-order valence-corrected chi connectivity index (χ1v) is 6.71. The van der Waals surface area contributed by atoms with Crippen molar-refractivity contribution in [2.24, 2.45) is 17.8 Å². The van der Waals surface area contributed by atoms with Crippen LogP contribution in [0.4, 0.5) is 0 Å². The van der Waals surface area contributed by atoms with E-state index in [9.17, 15) is 0 Å². The molecule has 0 unspecified atom stereocenters. The number of hydrogen-bond donors (Lipinski definition) is 0. The molecule has 5 atom stereocenters. The van der Waals surface area contributed by atoms with Crippen molar-refractivity contribution in [3.05, 3.63) is 30.3 Å². The predicted molar refractivity (Wildman–Crippen MR) is 66.0 cm³/mol. The van der Waals surface area contributed by atoms with Crippen molar-refractivity contribution >= 4 is 11.8 Å². The number of fused-ring (bicyclic) bond motifs is 2. The number of rotatable bonds is 2. The lowest BCUT2D eigenvalue weighted by atomic mass is 9.90. The molecule has 1 aromatic carbocycles. The molecule has 2 aliphatic rings. The van der Waals surface area contributed by atoms with Gasteiger partial charge in [-0.2, -0.15) is 5.26 Å². The first kappa shape index (κ1) is 9.13. The minimum absolute atomic E-state index is 0.0230. The summed E-state index contributed by atoms with van der Waals surface area (Å²) in [7, 11) is 0. The third-order valence-electron chi connectivity index (χ3n) is 3.71. The van der Waals surface area contributed by atoms with Gasteiger partial charge >= 0.3 is 0 Å². The minimum Gasteiger partial charge on any atom is -0.198 e. The highest BCUT2D eigenvalue weighted by Gasteiger charge is 2.46. The lowest BCUT2D eigenvalue weighted by Crippen LogP contribution is -2.20. The molecule has 2 saturated carbocycles. The number of nitriles is 1. The quantitative estimate of drug-likeness (QED) is 0.773. The topological polar surface area (TPSA) is 23.8 Å². The fourth-order valence-electron chi connectivity index (χ4n) is 2.97. The second-order valence-electron chi connectivity index (χ2n) is 4.72. The molecule has 2 bridgehead atoms. The molecule has 3 rings (SSSR count). The number of hydrogen-bond acceptors (Lipinski definition) is 2. The molecular weight excluding hydrogens is 214 g/mol. The zero-order valence-electron chi connectivity index (χ0n) is 10.0. The molecule has 0 amide bonds. The molecule has 0 spiro atoms. The van der Waals surface area contributed by atoms with Crippen LogP contribution in [0.5, 0.6) is 0 Å².